The van der Waals surface area contributed by atoms with E-state index in [4.69, 9.17) is 23.7 Å². The zero-order chi connectivity index (χ0) is 32.8. The van der Waals surface area contributed by atoms with Crippen LogP contribution in [-0.4, -0.2) is 55.4 Å². The molecular formula is C33H30F2N4O7. The molecule has 0 fully saturated rings. The van der Waals surface area contributed by atoms with Crippen LogP contribution in [0.2, 0.25) is 0 Å². The number of pyridine rings is 3. The topological polar surface area (TPSA) is 134 Å². The van der Waals surface area contributed by atoms with Gasteiger partial charge in [0.25, 0.3) is 11.8 Å². The van der Waals surface area contributed by atoms with Gasteiger partial charge in [0.1, 0.15) is 23.5 Å². The van der Waals surface area contributed by atoms with Gasteiger partial charge >= 0.3 is 0 Å². The highest BCUT2D eigenvalue weighted by molar-refractivity contribution is 6.05. The molecule has 0 spiro atoms. The molecule has 238 valence electrons. The lowest BCUT2D eigenvalue weighted by molar-refractivity contribution is 0.101. The van der Waals surface area contributed by atoms with E-state index in [0.717, 1.165) is 6.07 Å². The second-order valence-corrected chi connectivity index (χ2v) is 9.96. The second kappa shape index (κ2) is 14.1. The van der Waals surface area contributed by atoms with E-state index in [2.05, 4.69) is 20.3 Å². The predicted octanol–water partition coefficient (Wildman–Crippen LogP) is 5.80. The number of nitrogens with one attached hydrogen (secondary N) is 2. The number of amides is 1. The van der Waals surface area contributed by atoms with Crippen molar-refractivity contribution in [1.29, 1.82) is 0 Å². The van der Waals surface area contributed by atoms with Crippen molar-refractivity contribution in [2.75, 3.05) is 39.9 Å². The molecule has 46 heavy (non-hydrogen) atoms. The fourth-order valence-corrected chi connectivity index (χ4v) is 4.78. The molecule has 0 saturated carbocycles. The van der Waals surface area contributed by atoms with Crippen molar-refractivity contribution in [3.05, 3.63) is 99.6 Å². The molecule has 0 aliphatic carbocycles. The first-order valence-corrected chi connectivity index (χ1v) is 14.0. The van der Waals surface area contributed by atoms with Crippen molar-refractivity contribution in [2.45, 2.75) is 13.5 Å². The SMILES string of the molecule is COCCOc1nc2c(Oc3ccc(NC(=O)c4c(COC)[nH]c(C)c(-c5ccc(F)cc5)c4=O)cc3F)ccnc2cc1OC. The zero-order valence-electron chi connectivity index (χ0n) is 25.4. The molecule has 2 N–H and O–H groups in total. The number of aromatic amines is 1. The lowest BCUT2D eigenvalue weighted by Crippen LogP contribution is -2.27. The summed E-state index contributed by atoms with van der Waals surface area (Å²) in [7, 11) is 4.44. The van der Waals surface area contributed by atoms with Gasteiger partial charge in [-0.05, 0) is 36.8 Å². The van der Waals surface area contributed by atoms with Gasteiger partial charge < -0.3 is 34.0 Å². The van der Waals surface area contributed by atoms with E-state index in [9.17, 15) is 14.0 Å². The molecule has 3 heterocycles. The van der Waals surface area contributed by atoms with Gasteiger partial charge in [-0.3, -0.25) is 14.6 Å². The summed E-state index contributed by atoms with van der Waals surface area (Å²) in [6.45, 7) is 2.15. The molecule has 0 atom stereocenters. The average Bonchev–Trinajstić information content (AvgIpc) is 3.03. The summed E-state index contributed by atoms with van der Waals surface area (Å²) in [5.74, 6) is -1.47. The van der Waals surface area contributed by atoms with Crippen LogP contribution in [0.5, 0.6) is 23.1 Å². The van der Waals surface area contributed by atoms with Crippen LogP contribution in [0.25, 0.3) is 22.2 Å². The molecule has 0 bridgehead atoms. The zero-order valence-corrected chi connectivity index (χ0v) is 25.4. The Morgan fingerprint density at radius 2 is 1.72 bits per heavy atom. The maximum absolute atomic E-state index is 15.4. The van der Waals surface area contributed by atoms with Crippen LogP contribution < -0.4 is 25.0 Å². The van der Waals surface area contributed by atoms with E-state index in [-0.39, 0.29) is 53.1 Å². The van der Waals surface area contributed by atoms with Gasteiger partial charge in [-0.1, -0.05) is 12.1 Å². The van der Waals surface area contributed by atoms with Gasteiger partial charge in [-0.2, -0.15) is 0 Å². The third kappa shape index (κ3) is 6.80. The van der Waals surface area contributed by atoms with Crippen LogP contribution in [0.1, 0.15) is 21.7 Å². The number of H-pyrrole nitrogens is 1. The molecule has 0 radical (unpaired) electrons. The second-order valence-electron chi connectivity index (χ2n) is 9.96. The van der Waals surface area contributed by atoms with E-state index in [1.54, 1.807) is 20.1 Å². The van der Waals surface area contributed by atoms with E-state index in [1.165, 1.54) is 62.9 Å². The maximum atomic E-state index is 15.4. The Bertz CT molecular complexity index is 1950. The number of rotatable bonds is 12. The van der Waals surface area contributed by atoms with E-state index < -0.39 is 23.0 Å². The molecule has 0 saturated heterocycles. The van der Waals surface area contributed by atoms with Crippen molar-refractivity contribution in [3.8, 4) is 34.3 Å². The minimum absolute atomic E-state index is 0.0669. The van der Waals surface area contributed by atoms with Crippen molar-refractivity contribution in [1.82, 2.24) is 15.0 Å². The molecule has 0 aliphatic heterocycles. The van der Waals surface area contributed by atoms with Crippen LogP contribution >= 0.6 is 0 Å². The summed E-state index contributed by atoms with van der Waals surface area (Å²) in [5, 5.41) is 2.58. The highest BCUT2D eigenvalue weighted by Crippen LogP contribution is 2.35. The van der Waals surface area contributed by atoms with Crippen LogP contribution in [0.15, 0.2) is 65.6 Å². The van der Waals surface area contributed by atoms with E-state index in [0.29, 0.717) is 34.6 Å². The average molecular weight is 633 g/mol. The smallest absolute Gasteiger partial charge is 0.261 e. The summed E-state index contributed by atoms with van der Waals surface area (Å²) >= 11 is 0. The number of benzene rings is 2. The predicted molar refractivity (Wildman–Crippen MR) is 166 cm³/mol. The normalized spacial score (nSPS) is 11.0. The molecule has 0 unspecified atom stereocenters. The third-order valence-electron chi connectivity index (χ3n) is 6.88. The molecule has 2 aromatic carbocycles. The molecule has 0 aliphatic rings. The first kappa shape index (κ1) is 32.0. The first-order valence-electron chi connectivity index (χ1n) is 14.0. The Morgan fingerprint density at radius 3 is 2.41 bits per heavy atom. The van der Waals surface area contributed by atoms with Crippen LogP contribution in [0.4, 0.5) is 14.5 Å². The van der Waals surface area contributed by atoms with Gasteiger partial charge in [0.15, 0.2) is 23.1 Å². The van der Waals surface area contributed by atoms with Crippen molar-refractivity contribution in [3.63, 3.8) is 0 Å². The van der Waals surface area contributed by atoms with Gasteiger partial charge in [0.2, 0.25) is 5.43 Å². The summed E-state index contributed by atoms with van der Waals surface area (Å²) in [6, 6.07) is 12.3. The van der Waals surface area contributed by atoms with Crippen molar-refractivity contribution in [2.24, 2.45) is 0 Å². The number of nitrogens with zero attached hydrogens (tertiary/aromatic N) is 2. The number of ether oxygens (including phenoxy) is 5. The van der Waals surface area contributed by atoms with Crippen LogP contribution in [-0.2, 0) is 16.1 Å². The Kier molecular flexibility index (Phi) is 9.84. The summed E-state index contributed by atoms with van der Waals surface area (Å²) in [5.41, 5.74) is 1.30. The fourth-order valence-electron chi connectivity index (χ4n) is 4.78. The van der Waals surface area contributed by atoms with Crippen LogP contribution in [0.3, 0.4) is 0 Å². The maximum Gasteiger partial charge on any atom is 0.261 e. The standard InChI is InChI=1S/C33H30F2N4O7/c1-18-28(19-5-7-20(34)8-6-19)31(40)29(24(37-18)17-43-3)32(41)38-21-9-10-25(22(35)15-21)46-26-11-12-36-23-16-27(44-4)33(39-30(23)26)45-14-13-42-2/h5-12,15-16H,13-14,17H2,1-4H3,(H,37,40)(H,38,41). The summed E-state index contributed by atoms with van der Waals surface area (Å²) < 4.78 is 56.0. The van der Waals surface area contributed by atoms with E-state index in [1.807, 2.05) is 0 Å². The highest BCUT2D eigenvalue weighted by atomic mass is 19.1. The number of hydrogen-bond acceptors (Lipinski definition) is 9. The van der Waals surface area contributed by atoms with Gasteiger partial charge in [-0.25, -0.2) is 13.8 Å². The number of hydrogen-bond donors (Lipinski definition) is 2. The minimum Gasteiger partial charge on any atom is -0.491 e. The van der Waals surface area contributed by atoms with Crippen molar-refractivity contribution < 1.29 is 37.3 Å². The Labute approximate surface area is 262 Å². The minimum atomic E-state index is -0.797. The number of anilines is 1. The summed E-state index contributed by atoms with van der Waals surface area (Å²) in [4.78, 5) is 38.9. The number of carbonyl (C=O) groups excluding carboxylic acids is 1. The number of methoxy groups -OCH3 is 3. The van der Waals surface area contributed by atoms with Gasteiger partial charge in [0, 0.05) is 55.6 Å². The number of halogens is 2. The number of fused-ring (bicyclic) bond motifs is 1. The fraction of sp³-hybridized carbons (Fsp3) is 0.212. The molecule has 3 aromatic heterocycles. The summed E-state index contributed by atoms with van der Waals surface area (Å²) in [6.07, 6.45) is 1.48. The van der Waals surface area contributed by atoms with Crippen LogP contribution in [0, 0.1) is 18.6 Å². The Morgan fingerprint density at radius 1 is 0.935 bits per heavy atom. The lowest BCUT2D eigenvalue weighted by atomic mass is 9.99. The van der Waals surface area contributed by atoms with Gasteiger partial charge in [0.05, 0.1) is 31.5 Å². The van der Waals surface area contributed by atoms with Gasteiger partial charge in [-0.15, -0.1) is 0 Å². The lowest BCUT2D eigenvalue weighted by Gasteiger charge is -2.15. The molecule has 5 rings (SSSR count). The molecule has 5 aromatic rings. The Balaban J connectivity index is 1.43. The number of aryl methyl sites for hydroxylation is 1. The number of aromatic nitrogens is 3. The monoisotopic (exact) mass is 632 g/mol. The molecular weight excluding hydrogens is 602 g/mol. The third-order valence-corrected chi connectivity index (χ3v) is 6.88. The molecule has 13 heteroatoms. The first-order chi connectivity index (χ1) is 22.2. The highest BCUT2D eigenvalue weighted by Gasteiger charge is 2.23. The molecule has 11 nitrogen and oxygen atoms in total. The Hall–Kier alpha value is -5.40. The molecule has 1 amide bonds. The van der Waals surface area contributed by atoms with Crippen molar-refractivity contribution >= 4 is 22.6 Å². The largest absolute Gasteiger partial charge is 0.491 e. The number of carbonyl (C=O) groups is 1. The van der Waals surface area contributed by atoms with E-state index >= 15 is 4.39 Å². The quantitative estimate of drug-likeness (QED) is 0.164.